The van der Waals surface area contributed by atoms with Crippen LogP contribution >= 0.6 is 0 Å². The molecule has 0 spiro atoms. The van der Waals surface area contributed by atoms with Gasteiger partial charge in [0.1, 0.15) is 6.61 Å². The van der Waals surface area contributed by atoms with Gasteiger partial charge in [-0.3, -0.25) is 9.59 Å². The highest BCUT2D eigenvalue weighted by atomic mass is 16.6. The Morgan fingerprint density at radius 2 is 0.556 bits per heavy atom. The Balaban J connectivity index is 3.38. The van der Waals surface area contributed by atoms with Crippen LogP contribution in [-0.4, -0.2) is 36.4 Å². The minimum Gasteiger partial charge on any atom is -0.462 e. The number of rotatable bonds is 61. The van der Waals surface area contributed by atoms with Gasteiger partial charge in [0.2, 0.25) is 0 Å². The van der Waals surface area contributed by atoms with E-state index in [2.05, 4.69) is 50.3 Å². The summed E-state index contributed by atoms with van der Waals surface area (Å²) in [6.45, 7) is 4.18. The lowest BCUT2D eigenvalue weighted by Crippen LogP contribution is -2.28. The van der Waals surface area contributed by atoms with Gasteiger partial charge in [0.25, 0.3) is 0 Å². The third kappa shape index (κ3) is 60.7. The number of hydrogen-bond acceptors (Lipinski definition) is 5. The van der Waals surface area contributed by atoms with Crippen molar-refractivity contribution in [2.45, 2.75) is 367 Å². The topological polar surface area (TPSA) is 72.8 Å². The number of carbonyl (C=O) groups excluding carboxylic acids is 2. The lowest BCUT2D eigenvalue weighted by molar-refractivity contribution is -0.161. The molecular formula is C67H126O5. The van der Waals surface area contributed by atoms with E-state index in [1.54, 1.807) is 0 Å². The maximum absolute atomic E-state index is 12.3. The van der Waals surface area contributed by atoms with Crippen LogP contribution in [0.4, 0.5) is 0 Å². The molecule has 0 aromatic rings. The molecule has 0 heterocycles. The summed E-state index contributed by atoms with van der Waals surface area (Å²) in [4.78, 5) is 24.6. The van der Waals surface area contributed by atoms with Crippen LogP contribution in [-0.2, 0) is 19.1 Å². The third-order valence-electron chi connectivity index (χ3n) is 14.9. The highest BCUT2D eigenvalue weighted by Crippen LogP contribution is 2.18. The van der Waals surface area contributed by atoms with Gasteiger partial charge in [-0.1, -0.05) is 314 Å². The van der Waals surface area contributed by atoms with Crippen molar-refractivity contribution in [2.75, 3.05) is 13.2 Å². The largest absolute Gasteiger partial charge is 0.462 e. The summed E-state index contributed by atoms with van der Waals surface area (Å²) in [5, 5.41) is 9.67. The molecule has 0 saturated heterocycles. The fraction of sp³-hybridized carbons (Fsp3) is 0.881. The monoisotopic (exact) mass is 1010 g/mol. The Hall–Kier alpha value is -1.88. The van der Waals surface area contributed by atoms with Gasteiger partial charge < -0.3 is 14.6 Å². The molecule has 1 unspecified atom stereocenters. The predicted octanol–water partition coefficient (Wildman–Crippen LogP) is 22.2. The fourth-order valence-corrected chi connectivity index (χ4v) is 10.00. The smallest absolute Gasteiger partial charge is 0.306 e. The van der Waals surface area contributed by atoms with Crippen LogP contribution in [0.3, 0.4) is 0 Å². The van der Waals surface area contributed by atoms with Gasteiger partial charge in [0, 0.05) is 12.8 Å². The summed E-state index contributed by atoms with van der Waals surface area (Å²) in [5.74, 6) is -0.577. The van der Waals surface area contributed by atoms with Crippen LogP contribution in [0.15, 0.2) is 36.5 Å². The van der Waals surface area contributed by atoms with Crippen molar-refractivity contribution >= 4 is 11.9 Å². The molecule has 0 aliphatic carbocycles. The average Bonchev–Trinajstić information content (AvgIpc) is 3.38. The van der Waals surface area contributed by atoms with Gasteiger partial charge in [0.05, 0.1) is 6.61 Å². The number of carbonyl (C=O) groups is 2. The van der Waals surface area contributed by atoms with Gasteiger partial charge in [-0.2, -0.15) is 0 Å². The molecule has 5 heteroatoms. The van der Waals surface area contributed by atoms with Gasteiger partial charge in [0.15, 0.2) is 6.10 Å². The molecule has 0 saturated carbocycles. The van der Waals surface area contributed by atoms with Gasteiger partial charge in [-0.15, -0.1) is 0 Å². The number of aliphatic hydroxyl groups is 1. The fourth-order valence-electron chi connectivity index (χ4n) is 10.00. The Labute approximate surface area is 450 Å². The molecule has 5 nitrogen and oxygen atoms in total. The van der Waals surface area contributed by atoms with Crippen molar-refractivity contribution in [3.63, 3.8) is 0 Å². The van der Waals surface area contributed by atoms with E-state index in [0.717, 1.165) is 44.9 Å². The maximum atomic E-state index is 12.3. The average molecular weight is 1010 g/mol. The van der Waals surface area contributed by atoms with E-state index in [4.69, 9.17) is 9.47 Å². The number of ether oxygens (including phenoxy) is 2. The first-order valence-corrected chi connectivity index (χ1v) is 32.5. The van der Waals surface area contributed by atoms with Crippen molar-refractivity contribution in [2.24, 2.45) is 0 Å². The Bertz CT molecular complexity index is 1140. The zero-order valence-corrected chi connectivity index (χ0v) is 48.7. The molecule has 0 fully saturated rings. The number of aliphatic hydroxyl groups excluding tert-OH is 1. The number of allylic oxidation sites excluding steroid dienone is 6. The molecule has 1 atom stereocenters. The summed E-state index contributed by atoms with van der Waals surface area (Å²) >= 11 is 0. The van der Waals surface area contributed by atoms with Crippen molar-refractivity contribution < 1.29 is 24.2 Å². The molecule has 0 aliphatic rings. The molecule has 72 heavy (non-hydrogen) atoms. The maximum Gasteiger partial charge on any atom is 0.306 e. The Kier molecular flexibility index (Phi) is 61.8. The minimum atomic E-state index is -0.773. The Morgan fingerprint density at radius 3 is 0.833 bits per heavy atom. The summed E-state index contributed by atoms with van der Waals surface area (Å²) in [7, 11) is 0. The normalized spacial score (nSPS) is 12.3. The molecule has 0 radical (unpaired) electrons. The lowest BCUT2D eigenvalue weighted by atomic mass is 10.0. The SMILES string of the molecule is CCCCCCC/C=C\C/C=C\CCCCCCCCCCCC(=O)OC(CO)COC(=O)CCCCCCCCCCCCCCCCCCCCCCCCCCC/C=C\CCCCCCCCCC. The first-order chi connectivity index (χ1) is 35.6. The quantitative estimate of drug-likeness (QED) is 0.0373. The molecule has 1 N–H and O–H groups in total. The van der Waals surface area contributed by atoms with E-state index >= 15 is 0 Å². The first kappa shape index (κ1) is 70.1. The minimum absolute atomic E-state index is 0.0628. The summed E-state index contributed by atoms with van der Waals surface area (Å²) in [6.07, 6.45) is 83.1. The molecule has 0 bridgehead atoms. The molecular weight excluding hydrogens is 885 g/mol. The van der Waals surface area contributed by atoms with Crippen LogP contribution in [0.2, 0.25) is 0 Å². The first-order valence-electron chi connectivity index (χ1n) is 32.5. The number of unbranched alkanes of at least 4 members (excludes halogenated alkanes) is 47. The van der Waals surface area contributed by atoms with Crippen LogP contribution in [0.25, 0.3) is 0 Å². The van der Waals surface area contributed by atoms with Gasteiger partial charge in [-0.05, 0) is 70.6 Å². The van der Waals surface area contributed by atoms with E-state index in [0.29, 0.717) is 12.8 Å². The van der Waals surface area contributed by atoms with Crippen molar-refractivity contribution in [3.8, 4) is 0 Å². The van der Waals surface area contributed by atoms with Gasteiger partial charge in [-0.25, -0.2) is 0 Å². The highest BCUT2D eigenvalue weighted by molar-refractivity contribution is 5.70. The molecule has 0 aliphatic heterocycles. The van der Waals surface area contributed by atoms with E-state index in [1.165, 1.54) is 289 Å². The zero-order valence-electron chi connectivity index (χ0n) is 48.7. The number of hydrogen-bond donors (Lipinski definition) is 1. The van der Waals surface area contributed by atoms with E-state index < -0.39 is 6.10 Å². The second-order valence-corrected chi connectivity index (χ2v) is 22.2. The predicted molar refractivity (Wildman–Crippen MR) is 316 cm³/mol. The standard InChI is InChI=1S/C67H126O5/c1-3-5-7-9-11-13-15-17-19-21-23-25-26-27-28-29-30-31-32-33-34-35-36-37-38-39-40-42-43-45-47-49-51-53-55-57-59-61-66(69)71-64-65(63-68)72-67(70)62-60-58-56-54-52-50-48-46-44-41-24-22-20-18-16-14-12-10-8-6-4-2/h16,18,21-24,65,68H,3-15,17,19-20,25-64H2,1-2H3/b18-16-,23-21-,24-22-. The molecule has 0 aromatic heterocycles. The zero-order chi connectivity index (χ0) is 52.0. The second-order valence-electron chi connectivity index (χ2n) is 22.2. The van der Waals surface area contributed by atoms with Gasteiger partial charge >= 0.3 is 11.9 Å². The van der Waals surface area contributed by atoms with E-state index in [1.807, 2.05) is 0 Å². The number of esters is 2. The third-order valence-corrected chi connectivity index (χ3v) is 14.9. The van der Waals surface area contributed by atoms with E-state index in [-0.39, 0.29) is 25.2 Å². The van der Waals surface area contributed by atoms with Crippen molar-refractivity contribution in [1.82, 2.24) is 0 Å². The lowest BCUT2D eigenvalue weighted by Gasteiger charge is -2.15. The second kappa shape index (κ2) is 63.4. The summed E-state index contributed by atoms with van der Waals surface area (Å²) < 4.78 is 10.7. The van der Waals surface area contributed by atoms with Crippen LogP contribution in [0, 0.1) is 0 Å². The van der Waals surface area contributed by atoms with Crippen molar-refractivity contribution in [3.05, 3.63) is 36.5 Å². The summed E-state index contributed by atoms with van der Waals surface area (Å²) in [6, 6.07) is 0. The molecule has 0 aromatic carbocycles. The van der Waals surface area contributed by atoms with Crippen LogP contribution < -0.4 is 0 Å². The van der Waals surface area contributed by atoms with Crippen molar-refractivity contribution in [1.29, 1.82) is 0 Å². The molecule has 0 rings (SSSR count). The molecule has 0 amide bonds. The summed E-state index contributed by atoms with van der Waals surface area (Å²) in [5.41, 5.74) is 0. The van der Waals surface area contributed by atoms with E-state index in [9.17, 15) is 14.7 Å². The Morgan fingerprint density at radius 1 is 0.319 bits per heavy atom. The van der Waals surface area contributed by atoms with Crippen LogP contribution in [0.1, 0.15) is 361 Å². The highest BCUT2D eigenvalue weighted by Gasteiger charge is 2.16. The molecule has 424 valence electrons. The van der Waals surface area contributed by atoms with Crippen LogP contribution in [0.5, 0.6) is 0 Å².